The van der Waals surface area contributed by atoms with E-state index in [1.807, 2.05) is 31.2 Å². The molecule has 0 saturated carbocycles. The number of nitrogens with one attached hydrogen (secondary N) is 1. The Kier molecular flexibility index (Phi) is 6.22. The Bertz CT molecular complexity index is 363. The molecule has 4 heteroatoms. The maximum absolute atomic E-state index is 11.5. The van der Waals surface area contributed by atoms with Gasteiger partial charge in [-0.3, -0.25) is 4.79 Å². The smallest absolute Gasteiger partial charge is 0.220 e. The highest BCUT2D eigenvalue weighted by atomic mass is 16.5. The van der Waals surface area contributed by atoms with Gasteiger partial charge in [0.15, 0.2) is 0 Å². The fraction of sp³-hybridized carbons (Fsp3) is 0.500. The van der Waals surface area contributed by atoms with Crippen LogP contribution >= 0.6 is 0 Å². The van der Waals surface area contributed by atoms with Gasteiger partial charge >= 0.3 is 0 Å². The lowest BCUT2D eigenvalue weighted by Gasteiger charge is -2.11. The maximum Gasteiger partial charge on any atom is 0.220 e. The first-order valence-electron chi connectivity index (χ1n) is 6.28. The van der Waals surface area contributed by atoms with Gasteiger partial charge in [-0.25, -0.2) is 0 Å². The number of ether oxygens (including phenoxy) is 1. The molecule has 4 nitrogen and oxygen atoms in total. The third-order valence-corrected chi connectivity index (χ3v) is 2.79. The molecule has 1 atom stereocenters. The van der Waals surface area contributed by atoms with Gasteiger partial charge in [0, 0.05) is 19.0 Å². The quantitative estimate of drug-likeness (QED) is 0.770. The van der Waals surface area contributed by atoms with Crippen LogP contribution in [0.2, 0.25) is 0 Å². The van der Waals surface area contributed by atoms with Crippen molar-refractivity contribution >= 4 is 5.91 Å². The van der Waals surface area contributed by atoms with Crippen molar-refractivity contribution in [3.05, 3.63) is 29.8 Å². The molecule has 0 saturated heterocycles. The average molecular weight is 250 g/mol. The minimum absolute atomic E-state index is 0.0542. The Balaban J connectivity index is 2.26. The molecule has 0 unspecified atom stereocenters. The minimum atomic E-state index is 0.0542. The van der Waals surface area contributed by atoms with E-state index in [0.717, 1.165) is 18.6 Å². The van der Waals surface area contributed by atoms with Crippen LogP contribution in [0.15, 0.2) is 24.3 Å². The predicted molar refractivity (Wildman–Crippen MR) is 72.6 cm³/mol. The molecule has 1 aromatic carbocycles. The van der Waals surface area contributed by atoms with Gasteiger partial charge in [0.2, 0.25) is 5.91 Å². The number of amides is 1. The zero-order chi connectivity index (χ0) is 13.4. The van der Waals surface area contributed by atoms with Gasteiger partial charge in [0.25, 0.3) is 0 Å². The fourth-order valence-electron chi connectivity index (χ4n) is 1.65. The van der Waals surface area contributed by atoms with Crippen LogP contribution < -0.4 is 15.8 Å². The number of benzene rings is 1. The van der Waals surface area contributed by atoms with Crippen molar-refractivity contribution in [2.75, 3.05) is 13.7 Å². The number of carbonyl (C=O) groups is 1. The summed E-state index contributed by atoms with van der Waals surface area (Å²) >= 11 is 0. The third kappa shape index (κ3) is 5.19. The highest BCUT2D eigenvalue weighted by molar-refractivity contribution is 5.76. The van der Waals surface area contributed by atoms with Gasteiger partial charge in [-0.05, 0) is 37.5 Å². The van der Waals surface area contributed by atoms with Crippen LogP contribution in [0.5, 0.6) is 5.75 Å². The Labute approximate surface area is 109 Å². The third-order valence-electron chi connectivity index (χ3n) is 2.79. The maximum atomic E-state index is 11.5. The predicted octanol–water partition coefficient (Wildman–Crippen LogP) is 1.48. The Morgan fingerprint density at radius 1 is 1.39 bits per heavy atom. The minimum Gasteiger partial charge on any atom is -0.497 e. The van der Waals surface area contributed by atoms with Crippen LogP contribution in [0, 0.1) is 0 Å². The number of hydrogen-bond acceptors (Lipinski definition) is 3. The second kappa shape index (κ2) is 7.71. The lowest BCUT2D eigenvalue weighted by atomic mass is 10.1. The molecule has 1 rings (SSSR count). The highest BCUT2D eigenvalue weighted by Gasteiger charge is 2.05. The zero-order valence-corrected chi connectivity index (χ0v) is 11.1. The summed E-state index contributed by atoms with van der Waals surface area (Å²) in [5, 5.41) is 2.85. The summed E-state index contributed by atoms with van der Waals surface area (Å²) in [6.45, 7) is 2.38. The van der Waals surface area contributed by atoms with E-state index < -0.39 is 0 Å². The SMILES string of the molecule is COc1ccc(CCCC(=O)N[C@@H](C)CN)cc1. The molecule has 100 valence electrons. The molecule has 1 amide bonds. The average Bonchev–Trinajstić information content (AvgIpc) is 2.39. The molecule has 0 fully saturated rings. The summed E-state index contributed by atoms with van der Waals surface area (Å²) in [4.78, 5) is 11.5. The normalized spacial score (nSPS) is 11.9. The molecular formula is C14H22N2O2. The van der Waals surface area contributed by atoms with Crippen molar-refractivity contribution in [3.63, 3.8) is 0 Å². The van der Waals surface area contributed by atoms with Crippen molar-refractivity contribution in [1.29, 1.82) is 0 Å². The molecule has 3 N–H and O–H groups in total. The van der Waals surface area contributed by atoms with Gasteiger partial charge in [0.05, 0.1) is 7.11 Å². The lowest BCUT2D eigenvalue weighted by Crippen LogP contribution is -2.37. The van der Waals surface area contributed by atoms with Gasteiger partial charge in [0.1, 0.15) is 5.75 Å². The van der Waals surface area contributed by atoms with Crippen molar-refractivity contribution in [2.45, 2.75) is 32.2 Å². The first kappa shape index (κ1) is 14.5. The first-order chi connectivity index (χ1) is 8.65. The van der Waals surface area contributed by atoms with Crippen LogP contribution in [0.25, 0.3) is 0 Å². The molecule has 18 heavy (non-hydrogen) atoms. The summed E-state index contributed by atoms with van der Waals surface area (Å²) < 4.78 is 5.09. The van der Waals surface area contributed by atoms with Crippen molar-refractivity contribution < 1.29 is 9.53 Å². The summed E-state index contributed by atoms with van der Waals surface area (Å²) in [5.74, 6) is 0.926. The molecule has 1 aromatic rings. The van der Waals surface area contributed by atoms with E-state index in [9.17, 15) is 4.79 Å². The second-order valence-electron chi connectivity index (χ2n) is 4.41. The standard InChI is InChI=1S/C14H22N2O2/c1-11(10-15)16-14(17)5-3-4-12-6-8-13(18-2)9-7-12/h6-9,11H,3-5,10,15H2,1-2H3,(H,16,17)/t11-/m0/s1. The monoisotopic (exact) mass is 250 g/mol. The van der Waals surface area contributed by atoms with E-state index >= 15 is 0 Å². The van der Waals surface area contributed by atoms with Gasteiger partial charge in [-0.1, -0.05) is 12.1 Å². The molecule has 0 radical (unpaired) electrons. The van der Waals surface area contributed by atoms with Crippen molar-refractivity contribution in [1.82, 2.24) is 5.32 Å². The van der Waals surface area contributed by atoms with Crippen LogP contribution in [0.3, 0.4) is 0 Å². The first-order valence-corrected chi connectivity index (χ1v) is 6.28. The van der Waals surface area contributed by atoms with Crippen LogP contribution in [-0.2, 0) is 11.2 Å². The zero-order valence-electron chi connectivity index (χ0n) is 11.1. The number of methoxy groups -OCH3 is 1. The molecule has 0 heterocycles. The summed E-state index contributed by atoms with van der Waals surface area (Å²) in [6, 6.07) is 7.98. The topological polar surface area (TPSA) is 64.3 Å². The Hall–Kier alpha value is -1.55. The molecule has 0 aliphatic heterocycles. The second-order valence-corrected chi connectivity index (χ2v) is 4.41. The number of rotatable bonds is 7. The molecular weight excluding hydrogens is 228 g/mol. The van der Waals surface area contributed by atoms with Crippen LogP contribution in [0.1, 0.15) is 25.3 Å². The Morgan fingerprint density at radius 3 is 2.61 bits per heavy atom. The molecule has 0 aromatic heterocycles. The van der Waals surface area contributed by atoms with Gasteiger partial charge in [-0.2, -0.15) is 0 Å². The van der Waals surface area contributed by atoms with E-state index in [-0.39, 0.29) is 11.9 Å². The van der Waals surface area contributed by atoms with Crippen LogP contribution in [0.4, 0.5) is 0 Å². The number of aryl methyl sites for hydroxylation is 1. The lowest BCUT2D eigenvalue weighted by molar-refractivity contribution is -0.121. The number of nitrogens with two attached hydrogens (primary N) is 1. The van der Waals surface area contributed by atoms with E-state index in [4.69, 9.17) is 10.5 Å². The van der Waals surface area contributed by atoms with E-state index in [1.165, 1.54) is 5.56 Å². The molecule has 0 bridgehead atoms. The van der Waals surface area contributed by atoms with Gasteiger partial charge in [-0.15, -0.1) is 0 Å². The number of hydrogen-bond donors (Lipinski definition) is 2. The number of carbonyl (C=O) groups excluding carboxylic acids is 1. The summed E-state index contributed by atoms with van der Waals surface area (Å²) in [7, 11) is 1.65. The van der Waals surface area contributed by atoms with Crippen molar-refractivity contribution in [3.8, 4) is 5.75 Å². The summed E-state index contributed by atoms with van der Waals surface area (Å²) in [6.07, 6.45) is 2.28. The molecule has 0 aliphatic carbocycles. The highest BCUT2D eigenvalue weighted by Crippen LogP contribution is 2.13. The fourth-order valence-corrected chi connectivity index (χ4v) is 1.65. The molecule has 0 spiro atoms. The van der Waals surface area contributed by atoms with E-state index in [1.54, 1.807) is 7.11 Å². The largest absolute Gasteiger partial charge is 0.497 e. The molecule has 0 aliphatic rings. The van der Waals surface area contributed by atoms with E-state index in [2.05, 4.69) is 5.32 Å². The van der Waals surface area contributed by atoms with E-state index in [0.29, 0.717) is 13.0 Å². The Morgan fingerprint density at radius 2 is 2.06 bits per heavy atom. The van der Waals surface area contributed by atoms with Crippen LogP contribution in [-0.4, -0.2) is 25.6 Å². The van der Waals surface area contributed by atoms with Gasteiger partial charge < -0.3 is 15.8 Å². The summed E-state index contributed by atoms with van der Waals surface area (Å²) in [5.41, 5.74) is 6.66. The van der Waals surface area contributed by atoms with Crippen molar-refractivity contribution in [2.24, 2.45) is 5.73 Å².